The molecule has 0 radical (unpaired) electrons. The second-order valence-corrected chi connectivity index (χ2v) is 9.10. The van der Waals surface area contributed by atoms with Crippen LogP contribution in [0.1, 0.15) is 51.6 Å². The normalized spacial score (nSPS) is 14.8. The molecule has 1 amide bonds. The predicted octanol–water partition coefficient (Wildman–Crippen LogP) is 3.06. The molecule has 1 aromatic carbocycles. The van der Waals surface area contributed by atoms with Crippen molar-refractivity contribution >= 4 is 28.3 Å². The van der Waals surface area contributed by atoms with Crippen molar-refractivity contribution in [2.75, 3.05) is 10.6 Å². The van der Waals surface area contributed by atoms with Gasteiger partial charge < -0.3 is 15.0 Å². The van der Waals surface area contributed by atoms with Crippen molar-refractivity contribution in [2.24, 2.45) is 7.05 Å². The first kappa shape index (κ1) is 21.4. The van der Waals surface area contributed by atoms with Gasteiger partial charge in [-0.1, -0.05) is 12.1 Å². The Bertz CT molecular complexity index is 1530. The quantitative estimate of drug-likeness (QED) is 0.478. The maximum Gasteiger partial charge on any atom is 0.274 e. The van der Waals surface area contributed by atoms with Gasteiger partial charge >= 0.3 is 0 Å². The number of ether oxygens (including phenoxy) is 1. The minimum atomic E-state index is -0.342. The average molecular weight is 469 g/mol. The molecule has 3 aromatic heterocycles. The van der Waals surface area contributed by atoms with Crippen LogP contribution in [-0.2, 0) is 31.5 Å². The SMILES string of the molecule is Cn1cccc(N(Cc2ccc3c4c(c(N)nc3c2)COC4)C(=O)c2cnc(C3CC3)nc2)c1=O. The molecule has 1 saturated carbocycles. The Balaban J connectivity index is 1.39. The van der Waals surface area contributed by atoms with Crippen LogP contribution in [0.25, 0.3) is 10.9 Å². The molecule has 176 valence electrons. The van der Waals surface area contributed by atoms with E-state index in [0.717, 1.165) is 46.3 Å². The number of hydrogen-bond donors (Lipinski definition) is 1. The molecule has 2 N–H and O–H groups in total. The monoisotopic (exact) mass is 468 g/mol. The summed E-state index contributed by atoms with van der Waals surface area (Å²) in [5.74, 6) is 1.27. The molecule has 0 unspecified atom stereocenters. The Hall–Kier alpha value is -4.11. The number of nitrogen functional groups attached to an aromatic ring is 1. The third kappa shape index (κ3) is 3.83. The lowest BCUT2D eigenvalue weighted by atomic mass is 10.0. The number of nitrogens with zero attached hydrogens (tertiary/aromatic N) is 5. The van der Waals surface area contributed by atoms with Crippen molar-refractivity contribution in [1.29, 1.82) is 0 Å². The average Bonchev–Trinajstić information content (AvgIpc) is 3.60. The summed E-state index contributed by atoms with van der Waals surface area (Å²) < 4.78 is 7.02. The van der Waals surface area contributed by atoms with Crippen LogP contribution in [0.15, 0.2) is 53.7 Å². The molecule has 1 aliphatic carbocycles. The molecular weight excluding hydrogens is 444 g/mol. The topological polar surface area (TPSA) is 116 Å². The third-order valence-electron chi connectivity index (χ3n) is 6.64. The van der Waals surface area contributed by atoms with Crippen LogP contribution in [-0.4, -0.2) is 25.4 Å². The number of fused-ring (bicyclic) bond motifs is 3. The zero-order valence-electron chi connectivity index (χ0n) is 19.3. The first-order valence-electron chi connectivity index (χ1n) is 11.6. The van der Waals surface area contributed by atoms with Crippen molar-refractivity contribution in [3.8, 4) is 0 Å². The highest BCUT2D eigenvalue weighted by Gasteiger charge is 2.28. The van der Waals surface area contributed by atoms with Crippen LogP contribution >= 0.6 is 0 Å². The van der Waals surface area contributed by atoms with Gasteiger partial charge in [-0.3, -0.25) is 14.5 Å². The van der Waals surface area contributed by atoms with Gasteiger partial charge in [0, 0.05) is 42.5 Å². The standard InChI is InChI=1S/C26H24N6O3/c1-31-8-2-3-22(26(31)34)32(25(33)17-10-28-24(29-11-17)16-5-6-16)12-15-4-7-18-19-13-35-14-20(19)23(27)30-21(18)9-15/h2-4,7-11,16H,5-6,12-14H2,1H3,(H2,27,30). The molecule has 9 nitrogen and oxygen atoms in total. The smallest absolute Gasteiger partial charge is 0.274 e. The third-order valence-corrected chi connectivity index (χ3v) is 6.64. The number of aromatic nitrogens is 4. The first-order valence-corrected chi connectivity index (χ1v) is 11.6. The molecule has 35 heavy (non-hydrogen) atoms. The number of hydrogen-bond acceptors (Lipinski definition) is 7. The molecule has 4 aromatic rings. The van der Waals surface area contributed by atoms with Crippen molar-refractivity contribution in [2.45, 2.75) is 38.5 Å². The summed E-state index contributed by atoms with van der Waals surface area (Å²) in [6.07, 6.45) is 6.92. The van der Waals surface area contributed by atoms with Gasteiger partial charge in [0.25, 0.3) is 11.5 Å². The molecule has 1 aliphatic heterocycles. The van der Waals surface area contributed by atoms with E-state index >= 15 is 0 Å². The fourth-order valence-electron chi connectivity index (χ4n) is 4.51. The lowest BCUT2D eigenvalue weighted by Gasteiger charge is -2.23. The van der Waals surface area contributed by atoms with Crippen molar-refractivity contribution in [1.82, 2.24) is 19.5 Å². The maximum absolute atomic E-state index is 13.6. The number of carbonyl (C=O) groups excluding carboxylic acids is 1. The highest BCUT2D eigenvalue weighted by molar-refractivity contribution is 6.05. The number of anilines is 2. The highest BCUT2D eigenvalue weighted by atomic mass is 16.5. The number of rotatable bonds is 5. The van der Waals surface area contributed by atoms with Gasteiger partial charge in [0.2, 0.25) is 0 Å². The summed E-state index contributed by atoms with van der Waals surface area (Å²) >= 11 is 0. The lowest BCUT2D eigenvalue weighted by Crippen LogP contribution is -2.36. The molecule has 4 heterocycles. The minimum absolute atomic E-state index is 0.174. The zero-order valence-corrected chi connectivity index (χ0v) is 19.3. The second-order valence-electron chi connectivity index (χ2n) is 9.10. The number of nitrogens with two attached hydrogens (primary N) is 1. The van der Waals surface area contributed by atoms with Crippen LogP contribution in [0.3, 0.4) is 0 Å². The molecule has 0 atom stereocenters. The van der Waals surface area contributed by atoms with Gasteiger partial charge in [-0.15, -0.1) is 0 Å². The van der Waals surface area contributed by atoms with Gasteiger partial charge in [-0.25, -0.2) is 15.0 Å². The summed E-state index contributed by atoms with van der Waals surface area (Å²) in [5.41, 5.74) is 10.0. The van der Waals surface area contributed by atoms with Crippen LogP contribution < -0.4 is 16.2 Å². The Labute approximate surface area is 201 Å². The Morgan fingerprint density at radius 3 is 2.71 bits per heavy atom. The number of aryl methyl sites for hydroxylation is 1. The molecule has 6 rings (SSSR count). The van der Waals surface area contributed by atoms with E-state index in [1.54, 1.807) is 37.8 Å². The van der Waals surface area contributed by atoms with E-state index in [1.165, 1.54) is 9.47 Å². The highest BCUT2D eigenvalue weighted by Crippen LogP contribution is 2.37. The van der Waals surface area contributed by atoms with E-state index in [-0.39, 0.29) is 23.7 Å². The summed E-state index contributed by atoms with van der Waals surface area (Å²) in [6.45, 7) is 1.14. The van der Waals surface area contributed by atoms with Gasteiger partial charge in [0.1, 0.15) is 17.3 Å². The first-order chi connectivity index (χ1) is 17.0. The molecule has 1 fully saturated rings. The fourth-order valence-corrected chi connectivity index (χ4v) is 4.51. The molecule has 2 aliphatic rings. The summed E-state index contributed by atoms with van der Waals surface area (Å²) in [5, 5.41) is 0.980. The minimum Gasteiger partial charge on any atom is -0.383 e. The number of amides is 1. The van der Waals surface area contributed by atoms with Crippen LogP contribution in [0.5, 0.6) is 0 Å². The van der Waals surface area contributed by atoms with Crippen LogP contribution in [0.2, 0.25) is 0 Å². The van der Waals surface area contributed by atoms with E-state index in [4.69, 9.17) is 10.5 Å². The van der Waals surface area contributed by atoms with Crippen molar-refractivity contribution in [3.63, 3.8) is 0 Å². The molecule has 9 heteroatoms. The van der Waals surface area contributed by atoms with E-state index in [9.17, 15) is 9.59 Å². The Morgan fingerprint density at radius 1 is 1.17 bits per heavy atom. The molecule has 0 spiro atoms. The maximum atomic E-state index is 13.6. The van der Waals surface area contributed by atoms with Crippen molar-refractivity contribution in [3.05, 3.63) is 87.4 Å². The van der Waals surface area contributed by atoms with E-state index in [0.29, 0.717) is 30.5 Å². The Kier molecular flexibility index (Phi) is 5.07. The van der Waals surface area contributed by atoms with Crippen LogP contribution in [0, 0.1) is 0 Å². The van der Waals surface area contributed by atoms with E-state index < -0.39 is 0 Å². The lowest BCUT2D eigenvalue weighted by molar-refractivity contribution is 0.0984. The van der Waals surface area contributed by atoms with E-state index in [1.807, 2.05) is 18.2 Å². The summed E-state index contributed by atoms with van der Waals surface area (Å²) in [4.78, 5) is 41.4. The van der Waals surface area contributed by atoms with Crippen LogP contribution in [0.4, 0.5) is 11.5 Å². The molecule has 0 saturated heterocycles. The van der Waals surface area contributed by atoms with Gasteiger partial charge in [0.15, 0.2) is 0 Å². The molecular formula is C26H24N6O3. The van der Waals surface area contributed by atoms with Gasteiger partial charge in [-0.2, -0.15) is 0 Å². The second kappa shape index (κ2) is 8.28. The van der Waals surface area contributed by atoms with Gasteiger partial charge in [-0.05, 0) is 42.2 Å². The molecule has 0 bridgehead atoms. The summed E-state index contributed by atoms with van der Waals surface area (Å²) in [7, 11) is 1.66. The Morgan fingerprint density at radius 2 is 1.94 bits per heavy atom. The predicted molar refractivity (Wildman–Crippen MR) is 131 cm³/mol. The van der Waals surface area contributed by atoms with E-state index in [2.05, 4.69) is 15.0 Å². The fraction of sp³-hybridized carbons (Fsp3) is 0.269. The summed E-state index contributed by atoms with van der Waals surface area (Å²) in [6, 6.07) is 9.23. The zero-order chi connectivity index (χ0) is 24.1. The number of benzene rings is 1. The number of carbonyl (C=O) groups is 1. The number of pyridine rings is 2. The van der Waals surface area contributed by atoms with Gasteiger partial charge in [0.05, 0.1) is 30.8 Å². The van der Waals surface area contributed by atoms with Crippen molar-refractivity contribution < 1.29 is 9.53 Å². The largest absolute Gasteiger partial charge is 0.383 e.